The molecule has 0 spiro atoms. The summed E-state index contributed by atoms with van der Waals surface area (Å²) in [6.07, 6.45) is 1.95. The summed E-state index contributed by atoms with van der Waals surface area (Å²) in [5.41, 5.74) is 4.56. The molecule has 0 radical (unpaired) electrons. The van der Waals surface area contributed by atoms with Gasteiger partial charge in [0.15, 0.2) is 0 Å². The molecule has 0 saturated carbocycles. The first-order chi connectivity index (χ1) is 17.6. The predicted octanol–water partition coefficient (Wildman–Crippen LogP) is 5.53. The van der Waals surface area contributed by atoms with Crippen LogP contribution in [0.2, 0.25) is 0 Å². The summed E-state index contributed by atoms with van der Waals surface area (Å²) in [6, 6.07) is 29.8. The standard InChI is InChI=1S/C32H36N2O2/c1-3-4-23-36-31(35)25-33-21-22-34(24-26(33)2)32(29-13-9-6-10-14-29)30-19-17-28(18-20-30)16-15-27-11-7-5-8-12-27/h5-14,17-20,26,32H,3-4,21-25H2,1-2H3/t26-,32+/m1/s1. The Morgan fingerprint density at radius 1 is 0.889 bits per heavy atom. The van der Waals surface area contributed by atoms with Crippen molar-refractivity contribution in [2.45, 2.75) is 38.8 Å². The summed E-state index contributed by atoms with van der Waals surface area (Å²) in [5, 5.41) is 0. The molecule has 1 saturated heterocycles. The van der Waals surface area contributed by atoms with Gasteiger partial charge in [-0.2, -0.15) is 0 Å². The molecule has 0 N–H and O–H groups in total. The molecule has 0 aromatic heterocycles. The summed E-state index contributed by atoms with van der Waals surface area (Å²) in [4.78, 5) is 17.1. The molecule has 1 heterocycles. The van der Waals surface area contributed by atoms with Gasteiger partial charge in [0.05, 0.1) is 19.2 Å². The maximum Gasteiger partial charge on any atom is 0.320 e. The van der Waals surface area contributed by atoms with Gasteiger partial charge in [0.25, 0.3) is 0 Å². The van der Waals surface area contributed by atoms with Gasteiger partial charge in [0.2, 0.25) is 0 Å². The lowest BCUT2D eigenvalue weighted by Gasteiger charge is -2.43. The van der Waals surface area contributed by atoms with Gasteiger partial charge in [-0.05, 0) is 48.7 Å². The molecule has 186 valence electrons. The van der Waals surface area contributed by atoms with Crippen LogP contribution in [0.15, 0.2) is 84.9 Å². The molecule has 3 aromatic rings. The van der Waals surface area contributed by atoms with E-state index in [9.17, 15) is 4.79 Å². The lowest BCUT2D eigenvalue weighted by atomic mass is 9.94. The Bertz CT molecular complexity index is 1150. The van der Waals surface area contributed by atoms with Gasteiger partial charge in [-0.1, -0.05) is 85.8 Å². The molecule has 1 aliphatic rings. The molecule has 4 rings (SSSR count). The molecule has 1 fully saturated rings. The van der Waals surface area contributed by atoms with Crippen molar-refractivity contribution in [2.24, 2.45) is 0 Å². The monoisotopic (exact) mass is 480 g/mol. The molecule has 0 aliphatic carbocycles. The number of hydrogen-bond donors (Lipinski definition) is 0. The molecule has 0 bridgehead atoms. The third kappa shape index (κ3) is 7.07. The Kier molecular flexibility index (Phi) is 9.33. The normalized spacial score (nSPS) is 17.1. The first-order valence-electron chi connectivity index (χ1n) is 13.0. The number of nitrogens with zero attached hydrogens (tertiary/aromatic N) is 2. The van der Waals surface area contributed by atoms with E-state index in [1.807, 2.05) is 30.3 Å². The highest BCUT2D eigenvalue weighted by molar-refractivity contribution is 5.71. The van der Waals surface area contributed by atoms with Crippen molar-refractivity contribution in [2.75, 3.05) is 32.8 Å². The number of unbranched alkanes of at least 4 members (excludes halogenated alkanes) is 1. The van der Waals surface area contributed by atoms with E-state index >= 15 is 0 Å². The largest absolute Gasteiger partial charge is 0.465 e. The quantitative estimate of drug-likeness (QED) is 0.241. The van der Waals surface area contributed by atoms with E-state index < -0.39 is 0 Å². The first-order valence-corrected chi connectivity index (χ1v) is 13.0. The van der Waals surface area contributed by atoms with Gasteiger partial charge in [0, 0.05) is 36.8 Å². The fourth-order valence-corrected chi connectivity index (χ4v) is 4.70. The highest BCUT2D eigenvalue weighted by Crippen LogP contribution is 2.31. The van der Waals surface area contributed by atoms with E-state index in [0.29, 0.717) is 13.2 Å². The van der Waals surface area contributed by atoms with Crippen molar-refractivity contribution in [3.05, 3.63) is 107 Å². The average molecular weight is 481 g/mol. The summed E-state index contributed by atoms with van der Waals surface area (Å²) < 4.78 is 5.40. The lowest BCUT2D eigenvalue weighted by Crippen LogP contribution is -2.54. The van der Waals surface area contributed by atoms with E-state index in [1.165, 1.54) is 11.1 Å². The lowest BCUT2D eigenvalue weighted by molar-refractivity contribution is -0.146. The van der Waals surface area contributed by atoms with Gasteiger partial charge >= 0.3 is 5.97 Å². The van der Waals surface area contributed by atoms with Crippen LogP contribution in [-0.4, -0.2) is 54.6 Å². The van der Waals surface area contributed by atoms with Crippen LogP contribution >= 0.6 is 0 Å². The highest BCUT2D eigenvalue weighted by Gasteiger charge is 2.31. The van der Waals surface area contributed by atoms with Crippen LogP contribution in [0.3, 0.4) is 0 Å². The van der Waals surface area contributed by atoms with Gasteiger partial charge in [-0.25, -0.2) is 0 Å². The third-order valence-corrected chi connectivity index (χ3v) is 6.72. The first kappa shape index (κ1) is 25.7. The Balaban J connectivity index is 1.47. The van der Waals surface area contributed by atoms with E-state index in [1.54, 1.807) is 0 Å². The van der Waals surface area contributed by atoms with E-state index in [2.05, 4.69) is 90.1 Å². The summed E-state index contributed by atoms with van der Waals surface area (Å²) in [6.45, 7) is 7.81. The number of benzene rings is 3. The molecule has 4 nitrogen and oxygen atoms in total. The van der Waals surface area contributed by atoms with Crippen LogP contribution in [0, 0.1) is 11.8 Å². The Morgan fingerprint density at radius 3 is 2.14 bits per heavy atom. The molecular formula is C32H36N2O2. The third-order valence-electron chi connectivity index (χ3n) is 6.72. The van der Waals surface area contributed by atoms with Crippen molar-refractivity contribution < 1.29 is 9.53 Å². The minimum atomic E-state index is -0.115. The Labute approximate surface area is 215 Å². The van der Waals surface area contributed by atoms with Crippen LogP contribution in [-0.2, 0) is 9.53 Å². The summed E-state index contributed by atoms with van der Waals surface area (Å²) in [5.74, 6) is 6.41. The van der Waals surface area contributed by atoms with Crippen LogP contribution in [0.4, 0.5) is 0 Å². The topological polar surface area (TPSA) is 32.8 Å². The summed E-state index contributed by atoms with van der Waals surface area (Å²) in [7, 11) is 0. The molecule has 0 unspecified atom stereocenters. The number of carbonyl (C=O) groups excluding carboxylic acids is 1. The number of esters is 1. The van der Waals surface area contributed by atoms with Crippen molar-refractivity contribution in [1.82, 2.24) is 9.80 Å². The van der Waals surface area contributed by atoms with Gasteiger partial charge in [-0.15, -0.1) is 0 Å². The van der Waals surface area contributed by atoms with E-state index in [0.717, 1.165) is 43.6 Å². The van der Waals surface area contributed by atoms with Crippen molar-refractivity contribution in [3.8, 4) is 11.8 Å². The van der Waals surface area contributed by atoms with Crippen molar-refractivity contribution >= 4 is 5.97 Å². The maximum absolute atomic E-state index is 12.3. The van der Waals surface area contributed by atoms with Gasteiger partial charge in [-0.3, -0.25) is 14.6 Å². The molecule has 0 amide bonds. The number of carbonyl (C=O) groups is 1. The van der Waals surface area contributed by atoms with Crippen LogP contribution in [0.1, 0.15) is 55.0 Å². The minimum Gasteiger partial charge on any atom is -0.465 e. The van der Waals surface area contributed by atoms with Crippen LogP contribution in [0.5, 0.6) is 0 Å². The Morgan fingerprint density at radius 2 is 1.50 bits per heavy atom. The van der Waals surface area contributed by atoms with Gasteiger partial charge in [0.1, 0.15) is 0 Å². The number of rotatable bonds is 8. The SMILES string of the molecule is CCCCOC(=O)CN1CCN([C@@H](c2ccccc2)c2ccc(C#Cc3ccccc3)cc2)C[C@H]1C. The van der Waals surface area contributed by atoms with Crippen LogP contribution < -0.4 is 0 Å². The second kappa shape index (κ2) is 13.1. The smallest absolute Gasteiger partial charge is 0.320 e. The minimum absolute atomic E-state index is 0.115. The van der Waals surface area contributed by atoms with E-state index in [-0.39, 0.29) is 18.1 Å². The molecule has 2 atom stereocenters. The number of ether oxygens (including phenoxy) is 1. The van der Waals surface area contributed by atoms with Crippen molar-refractivity contribution in [3.63, 3.8) is 0 Å². The molecular weight excluding hydrogens is 444 g/mol. The zero-order chi connectivity index (χ0) is 25.2. The zero-order valence-electron chi connectivity index (χ0n) is 21.4. The van der Waals surface area contributed by atoms with Gasteiger partial charge < -0.3 is 4.74 Å². The molecule has 3 aromatic carbocycles. The summed E-state index contributed by atoms with van der Waals surface area (Å²) >= 11 is 0. The van der Waals surface area contributed by atoms with Crippen molar-refractivity contribution in [1.29, 1.82) is 0 Å². The zero-order valence-corrected chi connectivity index (χ0v) is 21.4. The molecule has 1 aliphatic heterocycles. The number of hydrogen-bond acceptors (Lipinski definition) is 4. The average Bonchev–Trinajstić information content (AvgIpc) is 2.91. The van der Waals surface area contributed by atoms with Crippen LogP contribution in [0.25, 0.3) is 0 Å². The van der Waals surface area contributed by atoms with E-state index in [4.69, 9.17) is 4.74 Å². The number of piperazine rings is 1. The second-order valence-electron chi connectivity index (χ2n) is 9.44. The fourth-order valence-electron chi connectivity index (χ4n) is 4.70. The fraction of sp³-hybridized carbons (Fsp3) is 0.344. The second-order valence-corrected chi connectivity index (χ2v) is 9.44. The Hall–Kier alpha value is -3.39. The molecule has 36 heavy (non-hydrogen) atoms. The predicted molar refractivity (Wildman–Crippen MR) is 146 cm³/mol. The maximum atomic E-state index is 12.3. The molecule has 4 heteroatoms. The highest BCUT2D eigenvalue weighted by atomic mass is 16.5.